The Morgan fingerprint density at radius 1 is 1.14 bits per heavy atom. The molecule has 0 unspecified atom stereocenters. The quantitative estimate of drug-likeness (QED) is 0.438. The molecule has 0 radical (unpaired) electrons. The van der Waals surface area contributed by atoms with Gasteiger partial charge in [-0.05, 0) is 18.2 Å². The number of ether oxygens (including phenoxy) is 6. The van der Waals surface area contributed by atoms with Crippen molar-refractivity contribution in [3.8, 4) is 0 Å². The lowest BCUT2D eigenvalue weighted by Gasteiger charge is -2.26. The number of nitrogens with one attached hydrogen (secondary N) is 1. The van der Waals surface area contributed by atoms with Gasteiger partial charge in [0.2, 0.25) is 6.10 Å². The average Bonchev–Trinajstić information content (AvgIpc) is 3.08. The number of H-pyrrole nitrogens is 1. The van der Waals surface area contributed by atoms with Crippen molar-refractivity contribution in [1.82, 2.24) is 9.55 Å². The first kappa shape index (κ1) is 25.7. The molecule has 2 heterocycles. The van der Waals surface area contributed by atoms with Gasteiger partial charge >= 0.3 is 24.0 Å². The van der Waals surface area contributed by atoms with Gasteiger partial charge in [0.15, 0.2) is 18.9 Å². The van der Waals surface area contributed by atoms with E-state index in [1.54, 1.807) is 0 Å². The largest absolute Gasteiger partial charge is 0.508 e. The van der Waals surface area contributed by atoms with Gasteiger partial charge in [0.05, 0.1) is 19.8 Å². The van der Waals surface area contributed by atoms with Crippen molar-refractivity contribution < 1.29 is 47.2 Å². The Hall–Kier alpha value is -3.91. The normalized spacial score (nSPS) is 23.3. The molecule has 0 bridgehead atoms. The number of carbonyl (C=O) groups is 3. The van der Waals surface area contributed by atoms with Crippen LogP contribution in [0.25, 0.3) is 0 Å². The van der Waals surface area contributed by atoms with Gasteiger partial charge in [-0.3, -0.25) is 14.3 Å². The van der Waals surface area contributed by atoms with Crippen LogP contribution in [-0.2, 0) is 28.4 Å². The molecule has 1 aromatic carbocycles. The molecule has 188 valence electrons. The van der Waals surface area contributed by atoms with Crippen LogP contribution in [0.4, 0.5) is 14.0 Å². The Morgan fingerprint density at radius 3 is 2.46 bits per heavy atom. The monoisotopic (exact) mass is 516 g/mol. The summed E-state index contributed by atoms with van der Waals surface area (Å²) in [5, 5.41) is 0.211. The summed E-state index contributed by atoms with van der Waals surface area (Å²) in [6, 6.07) is 6.48. The van der Waals surface area contributed by atoms with Crippen LogP contribution in [0, 0.1) is 0 Å². The summed E-state index contributed by atoms with van der Waals surface area (Å²) in [5.74, 6) is -4.18. The number of nitrogens with zero attached hydrogens (tertiary/aromatic N) is 1. The fourth-order valence-electron chi connectivity index (χ4n) is 3.14. The van der Waals surface area contributed by atoms with Crippen LogP contribution in [0.3, 0.4) is 0 Å². The lowest BCUT2D eigenvalue weighted by molar-refractivity contribution is -0.209. The topological polar surface area (TPSA) is 161 Å². The number of alkyl halides is 1. The number of methoxy groups -OCH3 is 2. The number of rotatable bonds is 6. The molecule has 0 amide bonds. The number of hydrogen-bond acceptors (Lipinski definition) is 11. The molecule has 1 aliphatic rings. The predicted octanol–water partition coefficient (Wildman–Crippen LogP) is 1.54. The fourth-order valence-corrected chi connectivity index (χ4v) is 3.33. The standard InChI is InChI=1S/C20H18ClFN2O11/c1-30-18(28)33-13-14(34-19(29)31-2)20(22,9-32-16(26)10-4-3-5-11(21)8-10)35-15(13)24-7-6-12(25)23-17(24)27/h3-8,13-15H,9H2,1-2H3,(H,23,25,27)/t13-,14+,15-,20-/m1/s1. The van der Waals surface area contributed by atoms with Gasteiger partial charge in [0, 0.05) is 17.3 Å². The third-order valence-corrected chi connectivity index (χ3v) is 4.93. The highest BCUT2D eigenvalue weighted by molar-refractivity contribution is 6.30. The van der Waals surface area contributed by atoms with Crippen LogP contribution in [0.15, 0.2) is 46.1 Å². The maximum Gasteiger partial charge on any atom is 0.508 e. The molecule has 13 nitrogen and oxygen atoms in total. The molecule has 0 aliphatic carbocycles. The zero-order valence-electron chi connectivity index (χ0n) is 18.1. The second-order valence-electron chi connectivity index (χ2n) is 6.93. The van der Waals surface area contributed by atoms with Gasteiger partial charge in [-0.1, -0.05) is 17.7 Å². The van der Waals surface area contributed by atoms with Gasteiger partial charge in [-0.25, -0.2) is 23.6 Å². The van der Waals surface area contributed by atoms with E-state index < -0.39 is 60.4 Å². The van der Waals surface area contributed by atoms with Crippen LogP contribution in [0.1, 0.15) is 16.6 Å². The zero-order valence-corrected chi connectivity index (χ0v) is 18.9. The van der Waals surface area contributed by atoms with Crippen molar-refractivity contribution >= 4 is 29.9 Å². The van der Waals surface area contributed by atoms with E-state index in [1.807, 2.05) is 4.98 Å². The Kier molecular flexibility index (Phi) is 7.76. The number of aromatic amines is 1. The SMILES string of the molecule is COC(=O)O[C@H]1[C@H](n2ccc(=O)[nH]c2=O)O[C@](F)(COC(=O)c2cccc(Cl)c2)[C@H]1OC(=O)OC. The van der Waals surface area contributed by atoms with Crippen molar-refractivity contribution in [1.29, 1.82) is 0 Å². The molecule has 1 fully saturated rings. The first-order valence-electron chi connectivity index (χ1n) is 9.68. The summed E-state index contributed by atoms with van der Waals surface area (Å²) < 4.78 is 45.7. The van der Waals surface area contributed by atoms with Gasteiger partial charge in [-0.2, -0.15) is 0 Å². The van der Waals surface area contributed by atoms with Gasteiger partial charge in [0.25, 0.3) is 11.4 Å². The fraction of sp³-hybridized carbons (Fsp3) is 0.350. The third kappa shape index (κ3) is 5.78. The smallest absolute Gasteiger partial charge is 0.456 e. The molecule has 3 rings (SSSR count). The molecule has 1 N–H and O–H groups in total. The molecular formula is C20H18ClFN2O11. The summed E-state index contributed by atoms with van der Waals surface area (Å²) >= 11 is 5.84. The van der Waals surface area contributed by atoms with Crippen LogP contribution < -0.4 is 11.2 Å². The third-order valence-electron chi connectivity index (χ3n) is 4.70. The Morgan fingerprint density at radius 2 is 1.83 bits per heavy atom. The maximum atomic E-state index is 16.1. The minimum atomic E-state index is -3.17. The minimum Gasteiger partial charge on any atom is -0.456 e. The molecule has 4 atom stereocenters. The summed E-state index contributed by atoms with van der Waals surface area (Å²) in [7, 11) is 1.88. The van der Waals surface area contributed by atoms with E-state index in [9.17, 15) is 24.0 Å². The van der Waals surface area contributed by atoms with Crippen molar-refractivity contribution in [2.45, 2.75) is 24.3 Å². The van der Waals surface area contributed by atoms with Crippen molar-refractivity contribution in [2.75, 3.05) is 20.8 Å². The van der Waals surface area contributed by atoms with Crippen molar-refractivity contribution in [2.24, 2.45) is 0 Å². The summed E-state index contributed by atoms with van der Waals surface area (Å²) in [5.41, 5.74) is -1.88. The Labute approximate surface area is 200 Å². The molecule has 35 heavy (non-hydrogen) atoms. The van der Waals surface area contributed by atoms with E-state index in [2.05, 4.69) is 9.47 Å². The minimum absolute atomic E-state index is 0.0275. The maximum absolute atomic E-state index is 16.1. The van der Waals surface area contributed by atoms with Crippen molar-refractivity contribution in [3.05, 3.63) is 68.0 Å². The molecular weight excluding hydrogens is 499 g/mol. The van der Waals surface area contributed by atoms with Crippen LogP contribution >= 0.6 is 11.6 Å². The molecule has 1 aromatic heterocycles. The number of aromatic nitrogens is 2. The van der Waals surface area contributed by atoms with Gasteiger partial charge < -0.3 is 28.4 Å². The highest BCUT2D eigenvalue weighted by Crippen LogP contribution is 2.42. The van der Waals surface area contributed by atoms with E-state index in [0.717, 1.165) is 26.5 Å². The van der Waals surface area contributed by atoms with E-state index >= 15 is 4.39 Å². The second-order valence-corrected chi connectivity index (χ2v) is 7.36. The number of carbonyl (C=O) groups excluding carboxylic acids is 3. The zero-order chi connectivity index (χ0) is 25.8. The van der Waals surface area contributed by atoms with Gasteiger partial charge in [-0.15, -0.1) is 0 Å². The molecule has 0 saturated carbocycles. The van der Waals surface area contributed by atoms with Crippen LogP contribution in [-0.4, -0.2) is 66.7 Å². The summed E-state index contributed by atoms with van der Waals surface area (Å²) in [6.07, 6.45) is -7.61. The Balaban J connectivity index is 1.98. The number of esters is 1. The average molecular weight is 517 g/mol. The highest BCUT2D eigenvalue weighted by atomic mass is 35.5. The van der Waals surface area contributed by atoms with Crippen LogP contribution in [0.5, 0.6) is 0 Å². The lowest BCUT2D eigenvalue weighted by Crippen LogP contribution is -2.48. The second kappa shape index (κ2) is 10.6. The lowest BCUT2D eigenvalue weighted by atomic mass is 10.1. The van der Waals surface area contributed by atoms with E-state index in [-0.39, 0.29) is 10.6 Å². The van der Waals surface area contributed by atoms with E-state index in [1.165, 1.54) is 24.3 Å². The highest BCUT2D eigenvalue weighted by Gasteiger charge is 2.62. The first-order valence-corrected chi connectivity index (χ1v) is 10.1. The molecule has 1 saturated heterocycles. The van der Waals surface area contributed by atoms with Crippen LogP contribution in [0.2, 0.25) is 5.02 Å². The molecule has 15 heteroatoms. The summed E-state index contributed by atoms with van der Waals surface area (Å²) in [6.45, 7) is -1.18. The first-order chi connectivity index (χ1) is 16.6. The van der Waals surface area contributed by atoms with E-state index in [0.29, 0.717) is 4.57 Å². The predicted molar refractivity (Wildman–Crippen MR) is 112 cm³/mol. The Bertz CT molecular complexity index is 1230. The van der Waals surface area contributed by atoms with Gasteiger partial charge in [0.1, 0.15) is 0 Å². The number of hydrogen-bond donors (Lipinski definition) is 1. The molecule has 1 aliphatic heterocycles. The number of benzene rings is 1. The molecule has 0 spiro atoms. The molecule has 2 aromatic rings. The number of halogens is 2. The van der Waals surface area contributed by atoms with E-state index in [4.69, 9.17) is 30.5 Å². The van der Waals surface area contributed by atoms with Crippen molar-refractivity contribution in [3.63, 3.8) is 0 Å². The summed E-state index contributed by atoms with van der Waals surface area (Å²) in [4.78, 5) is 61.7.